The normalized spacial score (nSPS) is 13.6. The summed E-state index contributed by atoms with van der Waals surface area (Å²) in [5.74, 6) is -1.74. The molecule has 1 aromatic carbocycles. The number of rotatable bonds is 7. The Kier molecular flexibility index (Phi) is 6.13. The number of amides is 1. The van der Waals surface area contributed by atoms with Gasteiger partial charge < -0.3 is 10.4 Å². The molecule has 2 rings (SSSR count). The van der Waals surface area contributed by atoms with Crippen molar-refractivity contribution in [3.8, 4) is 0 Å². The summed E-state index contributed by atoms with van der Waals surface area (Å²) < 4.78 is 1.28. The maximum atomic E-state index is 12.8. The second kappa shape index (κ2) is 8.12. The van der Waals surface area contributed by atoms with Crippen LogP contribution < -0.4 is 10.9 Å². The number of carboxylic acid groups (broad SMARTS) is 1. The highest BCUT2D eigenvalue weighted by Gasteiger charge is 2.27. The van der Waals surface area contributed by atoms with Crippen LogP contribution in [-0.4, -0.2) is 32.8 Å². The van der Waals surface area contributed by atoms with Crippen molar-refractivity contribution in [1.82, 2.24) is 15.1 Å². The van der Waals surface area contributed by atoms with Gasteiger partial charge in [0.05, 0.1) is 5.39 Å². The molecule has 2 atom stereocenters. The fourth-order valence-electron chi connectivity index (χ4n) is 2.77. The highest BCUT2D eigenvalue weighted by molar-refractivity contribution is 6.05. The number of carbonyl (C=O) groups is 2. The second-order valence-electron chi connectivity index (χ2n) is 6.95. The lowest BCUT2D eigenvalue weighted by atomic mass is 9.99. The average Bonchev–Trinajstić information content (AvgIpc) is 2.60. The Labute approximate surface area is 152 Å². The van der Waals surface area contributed by atoms with Crippen LogP contribution in [0.1, 0.15) is 44.6 Å². The van der Waals surface area contributed by atoms with E-state index in [1.807, 2.05) is 20.8 Å². The molecule has 1 amide bonds. The number of aliphatic carboxylic acids is 1. The zero-order valence-corrected chi connectivity index (χ0v) is 15.5. The number of carboxylic acids is 1. The van der Waals surface area contributed by atoms with Crippen molar-refractivity contribution >= 4 is 22.6 Å². The molecule has 7 nitrogen and oxygen atoms in total. The van der Waals surface area contributed by atoms with Gasteiger partial charge in [-0.1, -0.05) is 52.3 Å². The molecule has 0 aliphatic rings. The van der Waals surface area contributed by atoms with Crippen LogP contribution in [0.15, 0.2) is 29.1 Å². The van der Waals surface area contributed by atoms with Crippen molar-refractivity contribution in [2.75, 3.05) is 0 Å². The lowest BCUT2D eigenvalue weighted by molar-refractivity contribution is -0.140. The number of hydrogen-bond acceptors (Lipinski definition) is 4. The van der Waals surface area contributed by atoms with Crippen LogP contribution >= 0.6 is 0 Å². The van der Waals surface area contributed by atoms with Crippen molar-refractivity contribution < 1.29 is 14.7 Å². The third-order valence-corrected chi connectivity index (χ3v) is 4.39. The number of carbonyl (C=O) groups excluding carboxylic acids is 1. The number of nitrogens with one attached hydrogen (secondary N) is 1. The molecule has 0 saturated carbocycles. The van der Waals surface area contributed by atoms with Gasteiger partial charge in [-0.05, 0) is 17.9 Å². The molecular weight excluding hydrogens is 334 g/mol. The Balaban J connectivity index is 2.53. The largest absolute Gasteiger partial charge is 0.480 e. The van der Waals surface area contributed by atoms with E-state index in [-0.39, 0.29) is 23.1 Å². The smallest absolute Gasteiger partial charge is 0.326 e. The van der Waals surface area contributed by atoms with Gasteiger partial charge in [0.2, 0.25) is 0 Å². The number of benzene rings is 1. The molecule has 0 radical (unpaired) electrons. The van der Waals surface area contributed by atoms with Crippen LogP contribution in [0.4, 0.5) is 0 Å². The summed E-state index contributed by atoms with van der Waals surface area (Å²) in [6, 6.07) is 5.73. The molecule has 0 aliphatic heterocycles. The predicted octanol–water partition coefficient (Wildman–Crippen LogP) is 2.28. The molecule has 1 aromatic heterocycles. The molecule has 0 spiro atoms. The third kappa shape index (κ3) is 4.09. The van der Waals surface area contributed by atoms with E-state index in [0.717, 1.165) is 0 Å². The van der Waals surface area contributed by atoms with E-state index >= 15 is 0 Å². The standard InChI is InChI=1S/C19H25N3O4/c1-5-12(4)15(19(25)26)20-17(23)16-13-8-6-7-9-14(13)18(24)22(21-16)10-11(2)3/h6-9,11-12,15H,5,10H2,1-4H3,(H,20,23)(H,25,26). The number of nitrogens with zero attached hydrogens (tertiary/aromatic N) is 2. The molecular formula is C19H25N3O4. The molecule has 1 heterocycles. The summed E-state index contributed by atoms with van der Waals surface area (Å²) >= 11 is 0. The monoisotopic (exact) mass is 359 g/mol. The van der Waals surface area contributed by atoms with Crippen LogP contribution in [0, 0.1) is 11.8 Å². The van der Waals surface area contributed by atoms with Crippen LogP contribution in [-0.2, 0) is 11.3 Å². The fraction of sp³-hybridized carbons (Fsp3) is 0.474. The topological polar surface area (TPSA) is 101 Å². The van der Waals surface area contributed by atoms with Crippen molar-refractivity contribution in [1.29, 1.82) is 0 Å². The maximum Gasteiger partial charge on any atom is 0.326 e. The minimum atomic E-state index is -1.09. The number of hydrogen-bond donors (Lipinski definition) is 2. The van der Waals surface area contributed by atoms with Gasteiger partial charge in [0.15, 0.2) is 5.69 Å². The molecule has 140 valence electrons. The molecule has 0 bridgehead atoms. The maximum absolute atomic E-state index is 12.8. The van der Waals surface area contributed by atoms with E-state index in [2.05, 4.69) is 10.4 Å². The first-order chi connectivity index (χ1) is 12.3. The molecule has 0 aliphatic carbocycles. The Morgan fingerprint density at radius 3 is 2.35 bits per heavy atom. The highest BCUT2D eigenvalue weighted by Crippen LogP contribution is 2.15. The average molecular weight is 359 g/mol. The summed E-state index contributed by atoms with van der Waals surface area (Å²) in [6.45, 7) is 7.91. The minimum Gasteiger partial charge on any atom is -0.480 e. The summed E-state index contributed by atoms with van der Waals surface area (Å²) in [5.41, 5.74) is -0.196. The molecule has 2 unspecified atom stereocenters. The first kappa shape index (κ1) is 19.6. The highest BCUT2D eigenvalue weighted by atomic mass is 16.4. The van der Waals surface area contributed by atoms with E-state index in [0.29, 0.717) is 23.7 Å². The number of aromatic nitrogens is 2. The van der Waals surface area contributed by atoms with Gasteiger partial charge in [-0.2, -0.15) is 5.10 Å². The summed E-state index contributed by atoms with van der Waals surface area (Å²) in [5, 5.41) is 17.0. The van der Waals surface area contributed by atoms with E-state index in [1.165, 1.54) is 4.68 Å². The first-order valence-electron chi connectivity index (χ1n) is 8.79. The SMILES string of the molecule is CCC(C)C(NC(=O)c1nn(CC(C)C)c(=O)c2ccccc12)C(=O)O. The molecule has 2 aromatic rings. The van der Waals surface area contributed by atoms with Gasteiger partial charge in [-0.15, -0.1) is 0 Å². The predicted molar refractivity (Wildman–Crippen MR) is 99.2 cm³/mol. The summed E-state index contributed by atoms with van der Waals surface area (Å²) in [6.07, 6.45) is 0.609. The van der Waals surface area contributed by atoms with E-state index in [1.54, 1.807) is 31.2 Å². The summed E-state index contributed by atoms with van der Waals surface area (Å²) in [7, 11) is 0. The van der Waals surface area contributed by atoms with E-state index in [4.69, 9.17) is 0 Å². The quantitative estimate of drug-likeness (QED) is 0.790. The van der Waals surface area contributed by atoms with Gasteiger partial charge in [0.1, 0.15) is 6.04 Å². The van der Waals surface area contributed by atoms with Crippen LogP contribution in [0.25, 0.3) is 10.8 Å². The lowest BCUT2D eigenvalue weighted by Crippen LogP contribution is -2.45. The second-order valence-corrected chi connectivity index (χ2v) is 6.95. The Bertz CT molecular complexity index is 873. The van der Waals surface area contributed by atoms with Crippen LogP contribution in [0.2, 0.25) is 0 Å². The Morgan fingerprint density at radius 2 is 1.81 bits per heavy atom. The molecule has 26 heavy (non-hydrogen) atoms. The number of fused-ring (bicyclic) bond motifs is 1. The van der Waals surface area contributed by atoms with Crippen molar-refractivity contribution in [3.05, 3.63) is 40.3 Å². The van der Waals surface area contributed by atoms with Gasteiger partial charge in [0, 0.05) is 11.9 Å². The Morgan fingerprint density at radius 1 is 1.19 bits per heavy atom. The van der Waals surface area contributed by atoms with Crippen molar-refractivity contribution in [2.45, 2.75) is 46.7 Å². The van der Waals surface area contributed by atoms with Crippen molar-refractivity contribution in [2.24, 2.45) is 11.8 Å². The van der Waals surface area contributed by atoms with Crippen LogP contribution in [0.3, 0.4) is 0 Å². The van der Waals surface area contributed by atoms with Gasteiger partial charge in [-0.25, -0.2) is 9.48 Å². The minimum absolute atomic E-state index is 0.0652. The molecule has 2 N–H and O–H groups in total. The zero-order chi connectivity index (χ0) is 19.4. The van der Waals surface area contributed by atoms with Gasteiger partial charge in [-0.3, -0.25) is 9.59 Å². The van der Waals surface area contributed by atoms with Crippen LogP contribution in [0.5, 0.6) is 0 Å². The van der Waals surface area contributed by atoms with Gasteiger partial charge in [0.25, 0.3) is 11.5 Å². The first-order valence-corrected chi connectivity index (χ1v) is 8.79. The third-order valence-electron chi connectivity index (χ3n) is 4.39. The molecule has 0 fully saturated rings. The van der Waals surface area contributed by atoms with Gasteiger partial charge >= 0.3 is 5.97 Å². The zero-order valence-electron chi connectivity index (χ0n) is 15.5. The lowest BCUT2D eigenvalue weighted by Gasteiger charge is -2.20. The summed E-state index contributed by atoms with van der Waals surface area (Å²) in [4.78, 5) is 36.9. The van der Waals surface area contributed by atoms with Crippen molar-refractivity contribution in [3.63, 3.8) is 0 Å². The molecule has 7 heteroatoms. The van der Waals surface area contributed by atoms with E-state index < -0.39 is 17.9 Å². The fourth-order valence-corrected chi connectivity index (χ4v) is 2.77. The van der Waals surface area contributed by atoms with E-state index in [9.17, 15) is 19.5 Å². The Hall–Kier alpha value is -2.70. The molecule has 0 saturated heterocycles.